The molecule has 0 saturated carbocycles. The van der Waals surface area contributed by atoms with Crippen molar-refractivity contribution in [1.82, 2.24) is 4.98 Å². The number of phosphoric ester groups is 1. The van der Waals surface area contributed by atoms with Gasteiger partial charge in [-0.25, -0.2) is 9.55 Å². The minimum Gasteiger partial charge on any atom is -0.449 e. The third kappa shape index (κ3) is 12.3. The Morgan fingerprint density at radius 1 is 1.15 bits per heavy atom. The number of hydrogen-bond donors (Lipinski definition) is 5. The summed E-state index contributed by atoms with van der Waals surface area (Å²) in [5.74, 6) is -2.37. The van der Waals surface area contributed by atoms with Crippen LogP contribution in [-0.2, 0) is 32.8 Å². The lowest BCUT2D eigenvalue weighted by Crippen LogP contribution is -2.58. The number of methoxy groups -OCH3 is 2. The molecule has 1 amide bonds. The number of ether oxygens (including phenoxy) is 4. The second kappa shape index (κ2) is 19.8. The summed E-state index contributed by atoms with van der Waals surface area (Å²) in [6, 6.07) is 0. The Hall–Kier alpha value is -2.49. The summed E-state index contributed by atoms with van der Waals surface area (Å²) in [5.41, 5.74) is 7.66. The number of aromatic nitrogens is 1. The van der Waals surface area contributed by atoms with Gasteiger partial charge in [0, 0.05) is 63.2 Å². The van der Waals surface area contributed by atoms with E-state index in [-0.39, 0.29) is 30.8 Å². The zero-order valence-corrected chi connectivity index (χ0v) is 35.2. The number of amides is 1. The molecule has 312 valence electrons. The van der Waals surface area contributed by atoms with Gasteiger partial charge in [0.15, 0.2) is 11.7 Å². The van der Waals surface area contributed by atoms with Gasteiger partial charge in [0.05, 0.1) is 30.5 Å². The number of oxazole rings is 1. The molecule has 14 nitrogen and oxygen atoms in total. The molecule has 0 aliphatic carbocycles. The molecule has 3 rings (SSSR count). The third-order valence-corrected chi connectivity index (χ3v) is 12.0. The molecule has 3 heterocycles. The van der Waals surface area contributed by atoms with Gasteiger partial charge < -0.3 is 49.1 Å². The van der Waals surface area contributed by atoms with Crippen LogP contribution in [0.1, 0.15) is 99.1 Å². The first-order valence-electron chi connectivity index (χ1n) is 19.0. The molecule has 0 unspecified atom stereocenters. The van der Waals surface area contributed by atoms with Crippen LogP contribution in [-0.4, -0.2) is 93.6 Å². The van der Waals surface area contributed by atoms with Crippen molar-refractivity contribution in [3.63, 3.8) is 0 Å². The first-order valence-corrected chi connectivity index (χ1v) is 20.5. The van der Waals surface area contributed by atoms with Gasteiger partial charge in [-0.1, -0.05) is 69.6 Å². The second-order valence-electron chi connectivity index (χ2n) is 16.0. The van der Waals surface area contributed by atoms with Crippen LogP contribution >= 0.6 is 7.82 Å². The van der Waals surface area contributed by atoms with Crippen LogP contribution in [0.25, 0.3) is 6.08 Å². The van der Waals surface area contributed by atoms with E-state index in [1.165, 1.54) is 13.2 Å². The van der Waals surface area contributed by atoms with E-state index in [1.54, 1.807) is 41.1 Å². The van der Waals surface area contributed by atoms with Gasteiger partial charge in [0.25, 0.3) is 0 Å². The van der Waals surface area contributed by atoms with Crippen LogP contribution < -0.4 is 5.73 Å². The number of hydrogen-bond acceptors (Lipinski definition) is 11. The third-order valence-electron chi connectivity index (χ3n) is 11.5. The van der Waals surface area contributed by atoms with E-state index in [4.69, 9.17) is 33.6 Å². The molecule has 11 atom stereocenters. The van der Waals surface area contributed by atoms with Crippen LogP contribution in [0, 0.1) is 30.1 Å². The van der Waals surface area contributed by atoms with E-state index in [2.05, 4.69) is 11.1 Å². The molecule has 2 aliphatic rings. The van der Waals surface area contributed by atoms with Crippen molar-refractivity contribution < 1.29 is 57.2 Å². The maximum Gasteiger partial charge on any atom is 0.469 e. The van der Waals surface area contributed by atoms with E-state index in [1.807, 2.05) is 52.8 Å². The summed E-state index contributed by atoms with van der Waals surface area (Å²) < 4.78 is 48.7. The molecule has 2 saturated heterocycles. The minimum atomic E-state index is -5.06. The summed E-state index contributed by atoms with van der Waals surface area (Å²) in [5, 5.41) is 22.9. The Bertz CT molecular complexity index is 1600. The van der Waals surface area contributed by atoms with Crippen molar-refractivity contribution in [1.29, 1.82) is 0 Å². The molecule has 2 fully saturated rings. The van der Waals surface area contributed by atoms with Gasteiger partial charge in [0.1, 0.15) is 24.2 Å². The van der Waals surface area contributed by atoms with Gasteiger partial charge in [0.2, 0.25) is 5.91 Å². The van der Waals surface area contributed by atoms with Gasteiger partial charge >= 0.3 is 7.82 Å². The number of carbonyl (C=O) groups excluding carboxylic acids is 1. The number of carbonyl (C=O) groups is 1. The second-order valence-corrected chi connectivity index (χ2v) is 17.1. The first kappa shape index (κ1) is 46.9. The SMILES string of the molecule is CO[C@@H](C[C@H](O)[C@@H](C)[C@H](O)[C@@H](C)/C=C(C)/C(C)=C/CC/C(C)=C\C(N)=O)[C@H]1O[C@@]2(C[C@@H](OC)[C@H](C)[C@H](C/C=C/c3coc(C)n3)O2)C(C)(C)[C@H]1OP(=O)(O)O. The van der Waals surface area contributed by atoms with Gasteiger partial charge in [-0.3, -0.25) is 9.32 Å². The highest BCUT2D eigenvalue weighted by Gasteiger charge is 2.68. The average Bonchev–Trinajstić information content (AvgIpc) is 3.59. The highest BCUT2D eigenvalue weighted by molar-refractivity contribution is 7.46. The van der Waals surface area contributed by atoms with E-state index < -0.39 is 67.5 Å². The Morgan fingerprint density at radius 2 is 1.82 bits per heavy atom. The van der Waals surface area contributed by atoms with Crippen LogP contribution in [0.3, 0.4) is 0 Å². The molecule has 1 aromatic heterocycles. The maximum atomic E-state index is 12.5. The zero-order valence-electron chi connectivity index (χ0n) is 34.3. The van der Waals surface area contributed by atoms with Crippen LogP contribution in [0.2, 0.25) is 0 Å². The number of aliphatic hydroxyl groups excluding tert-OH is 2. The number of nitrogens with two attached hydrogens (primary N) is 1. The van der Waals surface area contributed by atoms with Crippen molar-refractivity contribution in [3.8, 4) is 0 Å². The Balaban J connectivity index is 1.83. The zero-order chi connectivity index (χ0) is 41.5. The van der Waals surface area contributed by atoms with Crippen LogP contribution in [0.4, 0.5) is 0 Å². The highest BCUT2D eigenvalue weighted by Crippen LogP contribution is 2.59. The fourth-order valence-corrected chi connectivity index (χ4v) is 8.41. The van der Waals surface area contributed by atoms with Gasteiger partial charge in [-0.15, -0.1) is 0 Å². The molecule has 15 heteroatoms. The van der Waals surface area contributed by atoms with E-state index in [9.17, 15) is 29.4 Å². The molecule has 0 bridgehead atoms. The highest BCUT2D eigenvalue weighted by atomic mass is 31.2. The summed E-state index contributed by atoms with van der Waals surface area (Å²) in [7, 11) is -2.01. The van der Waals surface area contributed by atoms with Gasteiger partial charge in [-0.2, -0.15) is 0 Å². The van der Waals surface area contributed by atoms with Crippen molar-refractivity contribution in [3.05, 3.63) is 58.9 Å². The average molecular weight is 797 g/mol. The minimum absolute atomic E-state index is 0.0352. The Labute approximate surface area is 326 Å². The molecular formula is C40H65N2O12P. The quantitative estimate of drug-likeness (QED) is 0.0625. The van der Waals surface area contributed by atoms with Crippen molar-refractivity contribution in [2.24, 2.45) is 28.9 Å². The number of allylic oxidation sites excluding steroid dienone is 4. The molecule has 0 aromatic carbocycles. The maximum absolute atomic E-state index is 12.5. The number of primary amides is 1. The normalized spacial score (nSPS) is 29.4. The topological polar surface area (TPSA) is 213 Å². The summed E-state index contributed by atoms with van der Waals surface area (Å²) in [6.45, 7) is 16.8. The predicted octanol–water partition coefficient (Wildman–Crippen LogP) is 5.93. The summed E-state index contributed by atoms with van der Waals surface area (Å²) in [6.07, 6.45) is 6.85. The van der Waals surface area contributed by atoms with E-state index in [0.717, 1.165) is 23.1 Å². The van der Waals surface area contributed by atoms with Gasteiger partial charge in [-0.05, 0) is 46.1 Å². The van der Waals surface area contributed by atoms with E-state index >= 15 is 0 Å². The van der Waals surface area contributed by atoms with Crippen molar-refractivity contribution >= 4 is 19.8 Å². The lowest BCUT2D eigenvalue weighted by atomic mass is 9.72. The smallest absolute Gasteiger partial charge is 0.449 e. The van der Waals surface area contributed by atoms with Crippen molar-refractivity contribution in [2.45, 2.75) is 143 Å². The monoisotopic (exact) mass is 796 g/mol. The number of phosphoric acid groups is 1. The lowest BCUT2D eigenvalue weighted by Gasteiger charge is -2.50. The number of aliphatic hydroxyl groups is 2. The fourth-order valence-electron chi connectivity index (χ4n) is 7.73. The first-order chi connectivity index (χ1) is 25.5. The largest absolute Gasteiger partial charge is 0.469 e. The number of aryl methyl sites for hydroxylation is 1. The summed E-state index contributed by atoms with van der Waals surface area (Å²) in [4.78, 5) is 35.6. The summed E-state index contributed by atoms with van der Waals surface area (Å²) >= 11 is 0. The lowest BCUT2D eigenvalue weighted by molar-refractivity contribution is -0.336. The fraction of sp³-hybridized carbons (Fsp3) is 0.700. The molecule has 0 radical (unpaired) electrons. The Kier molecular flexibility index (Phi) is 16.9. The van der Waals surface area contributed by atoms with Crippen LogP contribution in [0.5, 0.6) is 0 Å². The molecule has 2 aliphatic heterocycles. The molecule has 55 heavy (non-hydrogen) atoms. The molecular weight excluding hydrogens is 731 g/mol. The molecule has 1 aromatic rings. The van der Waals surface area contributed by atoms with E-state index in [0.29, 0.717) is 24.4 Å². The standard InChI is InChI=1S/C40H65N2O12P/c1-23(18-35(41)44)14-12-15-24(2)25(3)19-26(4)36(45)27(5)31(43)20-33(49-10)37-38(54-55(46,47)48)39(8,9)40(53-37)21-34(50-11)28(6)32(52-40)17-13-16-30-22-51-29(7)42-30/h13,15-16,18-19,22,26-28,31-34,36-38,43,45H,12,14,17,20-21H2,1-11H3,(H2,41,44)(H2,46,47,48)/b16-13+,23-18-,24-15+,25-19+/t26-,27+,28+,31-,32-,33-,34+,36+,37+,38-,40-/m0/s1. The number of nitrogens with zero attached hydrogens (tertiary/aromatic N) is 1. The molecule has 1 spiro atoms. The predicted molar refractivity (Wildman–Crippen MR) is 208 cm³/mol. The number of rotatable bonds is 19. The van der Waals surface area contributed by atoms with Crippen LogP contribution in [0.15, 0.2) is 51.7 Å². The van der Waals surface area contributed by atoms with Crippen molar-refractivity contribution in [2.75, 3.05) is 14.2 Å². The Morgan fingerprint density at radius 3 is 2.38 bits per heavy atom. The molecule has 6 N–H and O–H groups in total.